The van der Waals surface area contributed by atoms with Crippen molar-refractivity contribution in [2.45, 2.75) is 29.1 Å². The van der Waals surface area contributed by atoms with Crippen LogP contribution >= 0.6 is 0 Å². The monoisotopic (exact) mass is 416 g/mol. The summed E-state index contributed by atoms with van der Waals surface area (Å²) < 4.78 is 55.6. The van der Waals surface area contributed by atoms with Crippen LogP contribution in [0.1, 0.15) is 19.3 Å². The first kappa shape index (κ1) is 20.7. The fourth-order valence-corrected chi connectivity index (χ4v) is 5.74. The van der Waals surface area contributed by atoms with Crippen LogP contribution in [0.4, 0.5) is 0 Å². The van der Waals surface area contributed by atoms with Crippen LogP contribution in [0.2, 0.25) is 0 Å². The number of morpholine rings is 1. The van der Waals surface area contributed by atoms with Crippen LogP contribution in [0, 0.1) is 5.92 Å². The highest BCUT2D eigenvalue weighted by molar-refractivity contribution is 7.90. The third-order valence-corrected chi connectivity index (χ3v) is 8.46. The fraction of sp³-hybridized carbons (Fsp3) is 0.667. The van der Waals surface area contributed by atoms with Crippen molar-refractivity contribution in [3.05, 3.63) is 24.3 Å². The second-order valence-electron chi connectivity index (χ2n) is 7.33. The first-order valence-corrected chi connectivity index (χ1v) is 12.7. The summed E-state index contributed by atoms with van der Waals surface area (Å²) in [6.45, 7) is 5.65. The number of rotatable bonds is 6. The van der Waals surface area contributed by atoms with Crippen molar-refractivity contribution >= 4 is 19.9 Å². The molecule has 0 spiro atoms. The van der Waals surface area contributed by atoms with Crippen LogP contribution in [-0.4, -0.2) is 78.2 Å². The zero-order valence-corrected chi connectivity index (χ0v) is 17.3. The number of sulfone groups is 1. The molecule has 152 valence electrons. The van der Waals surface area contributed by atoms with Gasteiger partial charge in [0.15, 0.2) is 9.84 Å². The second kappa shape index (κ2) is 8.57. The highest BCUT2D eigenvalue weighted by Gasteiger charge is 2.29. The van der Waals surface area contributed by atoms with Crippen molar-refractivity contribution in [3.8, 4) is 0 Å². The molecule has 2 aliphatic rings. The van der Waals surface area contributed by atoms with Crippen molar-refractivity contribution in [1.29, 1.82) is 0 Å². The van der Waals surface area contributed by atoms with Crippen LogP contribution in [-0.2, 0) is 24.6 Å². The van der Waals surface area contributed by atoms with Crippen LogP contribution in [0.15, 0.2) is 34.1 Å². The zero-order valence-electron chi connectivity index (χ0n) is 15.7. The van der Waals surface area contributed by atoms with Gasteiger partial charge in [0.05, 0.1) is 23.0 Å². The van der Waals surface area contributed by atoms with Crippen molar-refractivity contribution in [2.24, 2.45) is 5.92 Å². The smallest absolute Gasteiger partial charge is 0.243 e. The molecular weight excluding hydrogens is 388 g/mol. The summed E-state index contributed by atoms with van der Waals surface area (Å²) in [5, 5.41) is 0. The summed E-state index contributed by atoms with van der Waals surface area (Å²) in [6.07, 6.45) is 3.94. The molecule has 0 unspecified atom stereocenters. The predicted octanol–water partition coefficient (Wildman–Crippen LogP) is 1.21. The van der Waals surface area contributed by atoms with Gasteiger partial charge in [-0.3, -0.25) is 4.90 Å². The minimum atomic E-state index is -3.57. The number of piperidine rings is 1. The van der Waals surface area contributed by atoms with Gasteiger partial charge in [0.2, 0.25) is 10.0 Å². The Morgan fingerprint density at radius 2 is 1.48 bits per heavy atom. The lowest BCUT2D eigenvalue weighted by Crippen LogP contribution is -2.40. The maximum absolute atomic E-state index is 12.8. The predicted molar refractivity (Wildman–Crippen MR) is 103 cm³/mol. The van der Waals surface area contributed by atoms with E-state index in [2.05, 4.69) is 4.90 Å². The Kier molecular flexibility index (Phi) is 6.58. The minimum Gasteiger partial charge on any atom is -0.379 e. The quantitative estimate of drug-likeness (QED) is 0.693. The highest BCUT2D eigenvalue weighted by atomic mass is 32.2. The van der Waals surface area contributed by atoms with Gasteiger partial charge in [-0.05, 0) is 56.0 Å². The van der Waals surface area contributed by atoms with Crippen molar-refractivity contribution in [3.63, 3.8) is 0 Å². The van der Waals surface area contributed by atoms with Crippen molar-refractivity contribution in [2.75, 3.05) is 52.2 Å². The van der Waals surface area contributed by atoms with Gasteiger partial charge in [-0.1, -0.05) is 0 Å². The van der Waals surface area contributed by atoms with Gasteiger partial charge in [-0.2, -0.15) is 4.31 Å². The van der Waals surface area contributed by atoms with Crippen molar-refractivity contribution < 1.29 is 21.6 Å². The molecular formula is C18H28N2O5S2. The van der Waals surface area contributed by atoms with E-state index in [4.69, 9.17) is 4.74 Å². The molecule has 0 amide bonds. The molecule has 0 saturated carbocycles. The Balaban J connectivity index is 1.54. The molecule has 7 nitrogen and oxygen atoms in total. The number of hydrogen-bond donors (Lipinski definition) is 0. The molecule has 2 fully saturated rings. The molecule has 2 saturated heterocycles. The minimum absolute atomic E-state index is 0.128. The molecule has 1 aromatic rings. The Morgan fingerprint density at radius 1 is 0.926 bits per heavy atom. The molecule has 0 bridgehead atoms. The average molecular weight is 417 g/mol. The average Bonchev–Trinajstić information content (AvgIpc) is 2.67. The molecule has 3 rings (SSSR count). The lowest BCUT2D eigenvalue weighted by Gasteiger charge is -2.33. The molecule has 9 heteroatoms. The number of ether oxygens (including phenoxy) is 1. The van der Waals surface area contributed by atoms with Crippen molar-refractivity contribution in [1.82, 2.24) is 9.21 Å². The standard InChI is InChI=1S/C18H28N2O5S2/c1-26(21,22)17-2-4-18(5-3-17)27(23,24)20-10-7-16(8-11-20)6-9-19-12-14-25-15-13-19/h2-5,16H,6-15H2,1H3. The number of nitrogens with zero attached hydrogens (tertiary/aromatic N) is 2. The second-order valence-corrected chi connectivity index (χ2v) is 11.3. The summed E-state index contributed by atoms with van der Waals surface area (Å²) in [4.78, 5) is 2.70. The van der Waals surface area contributed by atoms with Crippen LogP contribution in [0.3, 0.4) is 0 Å². The van der Waals surface area contributed by atoms with Crippen LogP contribution in [0.25, 0.3) is 0 Å². The Hall–Kier alpha value is -1.00. The molecule has 2 aliphatic heterocycles. The lowest BCUT2D eigenvalue weighted by molar-refractivity contribution is 0.0343. The SMILES string of the molecule is CS(=O)(=O)c1ccc(S(=O)(=O)N2CCC(CCN3CCOCC3)CC2)cc1. The number of sulfonamides is 1. The summed E-state index contributed by atoms with van der Waals surface area (Å²) in [5.41, 5.74) is 0. The van der Waals surface area contributed by atoms with Gasteiger partial charge in [-0.15, -0.1) is 0 Å². The maximum atomic E-state index is 12.8. The number of benzene rings is 1. The molecule has 0 aromatic heterocycles. The molecule has 1 aromatic carbocycles. The van der Waals surface area contributed by atoms with E-state index in [1.165, 1.54) is 28.6 Å². The van der Waals surface area contributed by atoms with Crippen LogP contribution in [0.5, 0.6) is 0 Å². The maximum Gasteiger partial charge on any atom is 0.243 e. The van der Waals surface area contributed by atoms with Gasteiger partial charge in [-0.25, -0.2) is 16.8 Å². The third kappa shape index (κ3) is 5.29. The van der Waals surface area contributed by atoms with Gasteiger partial charge in [0.1, 0.15) is 0 Å². The van der Waals surface area contributed by atoms with Gasteiger partial charge >= 0.3 is 0 Å². The zero-order chi connectivity index (χ0) is 19.5. The van der Waals surface area contributed by atoms with E-state index in [1.54, 1.807) is 0 Å². The van der Waals surface area contributed by atoms with E-state index in [1.807, 2.05) is 0 Å². The molecule has 27 heavy (non-hydrogen) atoms. The Bertz CT molecular complexity index is 823. The van der Waals surface area contributed by atoms with E-state index >= 15 is 0 Å². The summed E-state index contributed by atoms with van der Waals surface area (Å²) in [6, 6.07) is 5.49. The first-order valence-electron chi connectivity index (χ1n) is 9.37. The van der Waals surface area contributed by atoms with E-state index < -0.39 is 19.9 Å². The molecule has 0 aliphatic carbocycles. The lowest BCUT2D eigenvalue weighted by atomic mass is 9.94. The van der Waals surface area contributed by atoms with Gasteiger partial charge in [0.25, 0.3) is 0 Å². The van der Waals surface area contributed by atoms with Gasteiger partial charge in [0, 0.05) is 32.4 Å². The number of hydrogen-bond acceptors (Lipinski definition) is 6. The summed E-state index contributed by atoms with van der Waals surface area (Å²) in [5.74, 6) is 0.548. The van der Waals surface area contributed by atoms with E-state index in [-0.39, 0.29) is 9.79 Å². The van der Waals surface area contributed by atoms with Crippen LogP contribution < -0.4 is 0 Å². The largest absolute Gasteiger partial charge is 0.379 e. The highest BCUT2D eigenvalue weighted by Crippen LogP contribution is 2.26. The third-order valence-electron chi connectivity index (χ3n) is 5.42. The molecule has 0 N–H and O–H groups in total. The topological polar surface area (TPSA) is 84.0 Å². The van der Waals surface area contributed by atoms with E-state index in [9.17, 15) is 16.8 Å². The Morgan fingerprint density at radius 3 is 2.04 bits per heavy atom. The normalized spacial score (nSPS) is 21.4. The fourth-order valence-electron chi connectivity index (χ4n) is 3.64. The molecule has 2 heterocycles. The first-order chi connectivity index (χ1) is 12.8. The van der Waals surface area contributed by atoms with E-state index in [0.29, 0.717) is 19.0 Å². The molecule has 0 atom stereocenters. The molecule has 0 radical (unpaired) electrons. The Labute approximate surface area is 162 Å². The summed E-state index contributed by atoms with van der Waals surface area (Å²) in [7, 11) is -6.90. The van der Waals surface area contributed by atoms with Gasteiger partial charge < -0.3 is 4.74 Å². The van der Waals surface area contributed by atoms with E-state index in [0.717, 1.165) is 58.4 Å². The summed E-state index contributed by atoms with van der Waals surface area (Å²) >= 11 is 0.